The van der Waals surface area contributed by atoms with Crippen LogP contribution in [0.3, 0.4) is 0 Å². The van der Waals surface area contributed by atoms with Crippen LogP contribution in [0.1, 0.15) is 19.3 Å². The zero-order valence-electron chi connectivity index (χ0n) is 14.1. The SMILES string of the molecule is COc1ccc(-c2csc(N(CC3CCCO3)C(=O)CCCl)n2)cc1. The molecule has 1 unspecified atom stereocenters. The lowest BCUT2D eigenvalue weighted by atomic mass is 10.2. The first-order valence-corrected chi connectivity index (χ1v) is 9.70. The molecule has 5 nitrogen and oxygen atoms in total. The van der Waals surface area contributed by atoms with E-state index < -0.39 is 0 Å². The summed E-state index contributed by atoms with van der Waals surface area (Å²) in [7, 11) is 1.64. The molecule has 2 heterocycles. The first-order chi connectivity index (χ1) is 12.2. The molecule has 1 aliphatic rings. The van der Waals surface area contributed by atoms with Gasteiger partial charge in [-0.2, -0.15) is 0 Å². The number of carbonyl (C=O) groups excluding carboxylic acids is 1. The minimum absolute atomic E-state index is 0.0128. The molecule has 3 rings (SSSR count). The van der Waals surface area contributed by atoms with Crippen molar-refractivity contribution >= 4 is 34.0 Å². The average Bonchev–Trinajstić information content (AvgIpc) is 3.32. The highest BCUT2D eigenvalue weighted by molar-refractivity contribution is 7.14. The van der Waals surface area contributed by atoms with E-state index in [1.165, 1.54) is 11.3 Å². The summed E-state index contributed by atoms with van der Waals surface area (Å²) in [6.45, 7) is 1.29. The predicted octanol–water partition coefficient (Wildman–Crippen LogP) is 3.96. The van der Waals surface area contributed by atoms with E-state index in [2.05, 4.69) is 4.98 Å². The van der Waals surface area contributed by atoms with Crippen LogP contribution < -0.4 is 9.64 Å². The largest absolute Gasteiger partial charge is 0.497 e. The summed E-state index contributed by atoms with van der Waals surface area (Å²) < 4.78 is 10.9. The van der Waals surface area contributed by atoms with Crippen molar-refractivity contribution in [1.29, 1.82) is 0 Å². The zero-order chi connectivity index (χ0) is 17.6. The van der Waals surface area contributed by atoms with Crippen molar-refractivity contribution in [2.24, 2.45) is 0 Å². The van der Waals surface area contributed by atoms with Gasteiger partial charge < -0.3 is 9.47 Å². The average molecular weight is 381 g/mol. The molecule has 1 fully saturated rings. The van der Waals surface area contributed by atoms with E-state index in [9.17, 15) is 4.79 Å². The van der Waals surface area contributed by atoms with Crippen molar-refractivity contribution in [3.05, 3.63) is 29.6 Å². The summed E-state index contributed by atoms with van der Waals surface area (Å²) in [5.41, 5.74) is 1.84. The van der Waals surface area contributed by atoms with Crippen molar-refractivity contribution in [3.8, 4) is 17.0 Å². The maximum absolute atomic E-state index is 12.5. The number of hydrogen-bond acceptors (Lipinski definition) is 5. The maximum Gasteiger partial charge on any atom is 0.230 e. The van der Waals surface area contributed by atoms with Crippen LogP contribution in [0, 0.1) is 0 Å². The molecule has 2 aromatic rings. The Morgan fingerprint density at radius 3 is 2.88 bits per heavy atom. The number of amides is 1. The summed E-state index contributed by atoms with van der Waals surface area (Å²) in [6.07, 6.45) is 2.39. The molecule has 0 aliphatic carbocycles. The highest BCUT2D eigenvalue weighted by Gasteiger charge is 2.25. The minimum Gasteiger partial charge on any atom is -0.497 e. The first kappa shape index (κ1) is 18.2. The molecule has 1 amide bonds. The van der Waals surface area contributed by atoms with Gasteiger partial charge in [0.05, 0.1) is 25.5 Å². The Balaban J connectivity index is 1.80. The topological polar surface area (TPSA) is 51.7 Å². The number of halogens is 1. The highest BCUT2D eigenvalue weighted by Crippen LogP contribution is 2.30. The van der Waals surface area contributed by atoms with Gasteiger partial charge in [-0.1, -0.05) is 0 Å². The number of benzene rings is 1. The van der Waals surface area contributed by atoms with Crippen LogP contribution in [0.4, 0.5) is 5.13 Å². The number of rotatable bonds is 7. The Kier molecular flexibility index (Phi) is 6.29. The first-order valence-electron chi connectivity index (χ1n) is 8.29. The second-order valence-corrected chi connectivity index (χ2v) is 7.04. The summed E-state index contributed by atoms with van der Waals surface area (Å²) >= 11 is 7.23. The summed E-state index contributed by atoms with van der Waals surface area (Å²) in [6, 6.07) is 7.72. The van der Waals surface area contributed by atoms with E-state index in [1.54, 1.807) is 12.0 Å². The number of hydrogen-bond donors (Lipinski definition) is 0. The van der Waals surface area contributed by atoms with Crippen LogP contribution in [0.25, 0.3) is 11.3 Å². The second-order valence-electron chi connectivity index (χ2n) is 5.82. The number of aromatic nitrogens is 1. The summed E-state index contributed by atoms with van der Waals surface area (Å²) in [4.78, 5) is 18.9. The molecule has 0 spiro atoms. The number of thiazole rings is 1. The molecule has 7 heteroatoms. The molecule has 134 valence electrons. The zero-order valence-corrected chi connectivity index (χ0v) is 15.7. The molecule has 25 heavy (non-hydrogen) atoms. The van der Waals surface area contributed by atoms with Gasteiger partial charge in [0.25, 0.3) is 0 Å². The number of carbonyl (C=O) groups is 1. The Morgan fingerprint density at radius 2 is 2.24 bits per heavy atom. The molecule has 0 saturated carbocycles. The lowest BCUT2D eigenvalue weighted by Crippen LogP contribution is -2.37. The van der Waals surface area contributed by atoms with Crippen LogP contribution in [0.2, 0.25) is 0 Å². The minimum atomic E-state index is -0.0128. The summed E-state index contributed by atoms with van der Waals surface area (Å²) in [5, 5.41) is 2.66. The fourth-order valence-corrected chi connectivity index (χ4v) is 3.80. The Morgan fingerprint density at radius 1 is 1.44 bits per heavy atom. The van der Waals surface area contributed by atoms with Gasteiger partial charge in [0.1, 0.15) is 5.75 Å². The molecular weight excluding hydrogens is 360 g/mol. The number of anilines is 1. The quantitative estimate of drug-likeness (QED) is 0.682. The van der Waals surface area contributed by atoms with Gasteiger partial charge in [0.2, 0.25) is 5.91 Å². The molecule has 0 N–H and O–H groups in total. The van der Waals surface area contributed by atoms with Gasteiger partial charge >= 0.3 is 0 Å². The third kappa shape index (κ3) is 4.51. The molecule has 1 aromatic heterocycles. The monoisotopic (exact) mass is 380 g/mol. The van der Waals surface area contributed by atoms with E-state index in [4.69, 9.17) is 21.1 Å². The lowest BCUT2D eigenvalue weighted by Gasteiger charge is -2.22. The van der Waals surface area contributed by atoms with E-state index in [1.807, 2.05) is 29.6 Å². The lowest BCUT2D eigenvalue weighted by molar-refractivity contribution is -0.118. The third-order valence-electron chi connectivity index (χ3n) is 4.13. The molecule has 1 aromatic carbocycles. The summed E-state index contributed by atoms with van der Waals surface area (Å²) in [5.74, 6) is 1.09. The number of methoxy groups -OCH3 is 1. The van der Waals surface area contributed by atoms with Crippen molar-refractivity contribution in [2.75, 3.05) is 31.0 Å². The number of alkyl halides is 1. The number of ether oxygens (including phenoxy) is 2. The normalized spacial score (nSPS) is 16.8. The fraction of sp³-hybridized carbons (Fsp3) is 0.444. The van der Waals surface area contributed by atoms with Crippen LogP contribution in [0.5, 0.6) is 5.75 Å². The van der Waals surface area contributed by atoms with Crippen LogP contribution in [-0.2, 0) is 9.53 Å². The predicted molar refractivity (Wildman–Crippen MR) is 101 cm³/mol. The Hall–Kier alpha value is -1.63. The molecule has 0 radical (unpaired) electrons. The maximum atomic E-state index is 12.5. The standard InChI is InChI=1S/C18H21ClN2O3S/c1-23-14-6-4-13(5-7-14)16-12-25-18(20-16)21(17(22)8-9-19)11-15-3-2-10-24-15/h4-7,12,15H,2-3,8-11H2,1H3. The Labute approximate surface area is 156 Å². The van der Waals surface area contributed by atoms with Crippen LogP contribution in [-0.4, -0.2) is 43.1 Å². The van der Waals surface area contributed by atoms with E-state index in [0.717, 1.165) is 36.5 Å². The Bertz CT molecular complexity index is 699. The van der Waals surface area contributed by atoms with Crippen LogP contribution in [0.15, 0.2) is 29.6 Å². The smallest absolute Gasteiger partial charge is 0.230 e. The van der Waals surface area contributed by atoms with Gasteiger partial charge in [-0.05, 0) is 37.1 Å². The third-order valence-corrected chi connectivity index (χ3v) is 5.18. The molecular formula is C18H21ClN2O3S. The van der Waals surface area contributed by atoms with E-state index in [-0.39, 0.29) is 12.0 Å². The van der Waals surface area contributed by atoms with Crippen molar-refractivity contribution < 1.29 is 14.3 Å². The van der Waals surface area contributed by atoms with Gasteiger partial charge in [-0.15, -0.1) is 22.9 Å². The van der Waals surface area contributed by atoms with E-state index in [0.29, 0.717) is 24.0 Å². The van der Waals surface area contributed by atoms with Crippen molar-refractivity contribution in [3.63, 3.8) is 0 Å². The fourth-order valence-electron chi connectivity index (χ4n) is 2.78. The van der Waals surface area contributed by atoms with Crippen molar-refractivity contribution in [1.82, 2.24) is 4.98 Å². The number of nitrogens with zero attached hydrogens (tertiary/aromatic N) is 2. The van der Waals surface area contributed by atoms with Gasteiger partial charge in [-0.25, -0.2) is 4.98 Å². The molecule has 1 saturated heterocycles. The van der Waals surface area contributed by atoms with Crippen molar-refractivity contribution in [2.45, 2.75) is 25.4 Å². The highest BCUT2D eigenvalue weighted by atomic mass is 35.5. The second kappa shape index (κ2) is 8.65. The van der Waals surface area contributed by atoms with E-state index >= 15 is 0 Å². The van der Waals surface area contributed by atoms with Gasteiger partial charge in [0.15, 0.2) is 5.13 Å². The van der Waals surface area contributed by atoms with Gasteiger partial charge in [0, 0.05) is 29.9 Å². The molecule has 1 aliphatic heterocycles. The molecule has 0 bridgehead atoms. The molecule has 1 atom stereocenters. The van der Waals surface area contributed by atoms with Gasteiger partial charge in [-0.3, -0.25) is 9.69 Å². The van der Waals surface area contributed by atoms with Crippen LogP contribution >= 0.6 is 22.9 Å².